The van der Waals surface area contributed by atoms with E-state index in [2.05, 4.69) is 91.6 Å². The first kappa shape index (κ1) is 36.8. The Morgan fingerprint density at radius 1 is 0.678 bits per heavy atom. The maximum Gasteiger partial charge on any atom is 0.212 e. The normalized spacial score (nSPS) is 17.5. The number of ether oxygens (including phenoxy) is 4. The molecule has 0 N–H and O–H groups in total. The second-order valence-electron chi connectivity index (χ2n) is 15.4. The fourth-order valence-corrected chi connectivity index (χ4v) is 9.60. The molecule has 8 heteroatoms. The lowest BCUT2D eigenvalue weighted by Gasteiger charge is -2.38. The second-order valence-corrected chi connectivity index (χ2v) is 15.4. The van der Waals surface area contributed by atoms with Crippen molar-refractivity contribution in [3.05, 3.63) is 155 Å². The number of rotatable bonds is 9. The van der Waals surface area contributed by atoms with Crippen LogP contribution in [0.15, 0.2) is 127 Å². The van der Waals surface area contributed by atoms with Crippen LogP contribution in [0.3, 0.4) is 0 Å². The Labute approximate surface area is 345 Å². The maximum absolute atomic E-state index is 7.78. The van der Waals surface area contributed by atoms with Gasteiger partial charge in [-0.3, -0.25) is 0 Å². The highest BCUT2D eigenvalue weighted by Gasteiger charge is 2.48. The standard InChI is InChI=1S/C51H46N4O4/c1-5-50(6-2)41-20-14-13-19-37(41)44-39-31-42(56-3)43(57-4)32-40(39)46-38(45(44)50)25-26-51(59-46,35-21-23-36(24-22-35)55-27-29-58-30-28-55)49-53-47(33-15-9-7-10-16-33)52-48(54-49)34-17-11-8-12-18-34/h7-26,31-32H,5-6,27-30H2,1-4H3. The zero-order valence-electron chi connectivity index (χ0n) is 33.9. The second kappa shape index (κ2) is 14.7. The molecule has 1 saturated heterocycles. The van der Waals surface area contributed by atoms with Crippen molar-refractivity contribution >= 4 is 22.5 Å². The van der Waals surface area contributed by atoms with Crippen molar-refractivity contribution in [2.75, 3.05) is 45.4 Å². The van der Waals surface area contributed by atoms with Crippen LogP contribution in [0.25, 0.3) is 50.8 Å². The molecule has 0 bridgehead atoms. The molecular formula is C51H46N4O4. The minimum atomic E-state index is -1.26. The van der Waals surface area contributed by atoms with Gasteiger partial charge in [0.2, 0.25) is 5.60 Å². The van der Waals surface area contributed by atoms with Crippen LogP contribution in [0.1, 0.15) is 54.8 Å². The third kappa shape index (κ3) is 5.80. The van der Waals surface area contributed by atoms with Crippen molar-refractivity contribution in [3.63, 3.8) is 0 Å². The van der Waals surface area contributed by atoms with Gasteiger partial charge in [0.1, 0.15) is 5.75 Å². The summed E-state index contributed by atoms with van der Waals surface area (Å²) in [6.45, 7) is 7.69. The number of aromatic nitrogens is 3. The number of fused-ring (bicyclic) bond motifs is 8. The number of methoxy groups -OCH3 is 2. The van der Waals surface area contributed by atoms with E-state index in [-0.39, 0.29) is 5.41 Å². The lowest BCUT2D eigenvalue weighted by Crippen LogP contribution is -2.38. The Kier molecular flexibility index (Phi) is 9.17. The van der Waals surface area contributed by atoms with Crippen molar-refractivity contribution < 1.29 is 18.9 Å². The van der Waals surface area contributed by atoms with E-state index in [1.165, 1.54) is 22.3 Å². The average molecular weight is 779 g/mol. The van der Waals surface area contributed by atoms with Gasteiger partial charge in [-0.1, -0.05) is 117 Å². The molecule has 2 aliphatic heterocycles. The van der Waals surface area contributed by atoms with E-state index < -0.39 is 5.60 Å². The van der Waals surface area contributed by atoms with Gasteiger partial charge in [-0.2, -0.15) is 0 Å². The van der Waals surface area contributed by atoms with Crippen LogP contribution < -0.4 is 19.1 Å². The minimum absolute atomic E-state index is 0.237. The molecule has 1 aromatic heterocycles. The Morgan fingerprint density at radius 3 is 1.88 bits per heavy atom. The molecule has 3 aliphatic rings. The van der Waals surface area contributed by atoms with Crippen LogP contribution in [0.5, 0.6) is 17.2 Å². The highest BCUT2D eigenvalue weighted by Crippen LogP contribution is 2.61. The lowest BCUT2D eigenvalue weighted by molar-refractivity contribution is 0.122. The maximum atomic E-state index is 7.78. The van der Waals surface area contributed by atoms with Crippen LogP contribution in [0, 0.1) is 0 Å². The highest BCUT2D eigenvalue weighted by atomic mass is 16.5. The Hall–Kier alpha value is -6.51. The van der Waals surface area contributed by atoms with E-state index in [0.29, 0.717) is 42.2 Å². The van der Waals surface area contributed by atoms with E-state index in [0.717, 1.165) is 70.4 Å². The quantitative estimate of drug-likeness (QED) is 0.143. The van der Waals surface area contributed by atoms with E-state index >= 15 is 0 Å². The van der Waals surface area contributed by atoms with Gasteiger partial charge >= 0.3 is 0 Å². The van der Waals surface area contributed by atoms with Gasteiger partial charge in [-0.05, 0) is 70.8 Å². The molecule has 6 aromatic carbocycles. The summed E-state index contributed by atoms with van der Waals surface area (Å²) in [6.07, 6.45) is 6.29. The molecule has 1 aliphatic carbocycles. The van der Waals surface area contributed by atoms with Gasteiger partial charge < -0.3 is 23.8 Å². The van der Waals surface area contributed by atoms with Crippen LogP contribution in [-0.4, -0.2) is 55.5 Å². The van der Waals surface area contributed by atoms with Crippen molar-refractivity contribution in [1.29, 1.82) is 0 Å². The average Bonchev–Trinajstić information content (AvgIpc) is 3.62. The number of hydrogen-bond acceptors (Lipinski definition) is 8. The van der Waals surface area contributed by atoms with Crippen LogP contribution in [-0.2, 0) is 15.8 Å². The van der Waals surface area contributed by atoms with E-state index in [1.54, 1.807) is 14.2 Å². The third-order valence-electron chi connectivity index (χ3n) is 12.7. The fourth-order valence-electron chi connectivity index (χ4n) is 9.60. The Bertz CT molecular complexity index is 2670. The van der Waals surface area contributed by atoms with Gasteiger partial charge in [0.25, 0.3) is 0 Å². The molecular weight excluding hydrogens is 733 g/mol. The summed E-state index contributed by atoms with van der Waals surface area (Å²) in [4.78, 5) is 18.1. The van der Waals surface area contributed by atoms with Crippen molar-refractivity contribution in [2.24, 2.45) is 0 Å². The molecule has 7 aromatic rings. The molecule has 8 nitrogen and oxygen atoms in total. The molecule has 1 fully saturated rings. The predicted molar refractivity (Wildman–Crippen MR) is 234 cm³/mol. The molecule has 3 heterocycles. The number of hydrogen-bond donors (Lipinski definition) is 0. The van der Waals surface area contributed by atoms with Gasteiger partial charge in [-0.25, -0.2) is 15.0 Å². The summed E-state index contributed by atoms with van der Waals surface area (Å²) in [5.41, 5.74) is 8.44. The topological polar surface area (TPSA) is 78.8 Å². The van der Waals surface area contributed by atoms with E-state index in [1.807, 2.05) is 60.7 Å². The molecule has 0 saturated carbocycles. The highest BCUT2D eigenvalue weighted by molar-refractivity contribution is 6.09. The third-order valence-corrected chi connectivity index (χ3v) is 12.7. The predicted octanol–water partition coefficient (Wildman–Crippen LogP) is 10.6. The summed E-state index contributed by atoms with van der Waals surface area (Å²) in [5, 5.41) is 1.97. The monoisotopic (exact) mass is 778 g/mol. The first-order valence-corrected chi connectivity index (χ1v) is 20.6. The van der Waals surface area contributed by atoms with Crippen LogP contribution in [0.2, 0.25) is 0 Å². The smallest absolute Gasteiger partial charge is 0.212 e. The molecule has 294 valence electrons. The summed E-state index contributed by atoms with van der Waals surface area (Å²) < 4.78 is 25.4. The van der Waals surface area contributed by atoms with E-state index in [9.17, 15) is 0 Å². The minimum Gasteiger partial charge on any atom is -0.493 e. The zero-order valence-corrected chi connectivity index (χ0v) is 33.9. The van der Waals surface area contributed by atoms with Gasteiger partial charge in [0, 0.05) is 51.8 Å². The molecule has 59 heavy (non-hydrogen) atoms. The Balaban J connectivity index is 1.28. The lowest BCUT2D eigenvalue weighted by atomic mass is 9.71. The van der Waals surface area contributed by atoms with E-state index in [4.69, 9.17) is 33.9 Å². The fraction of sp³-hybridized carbons (Fsp3) is 0.235. The van der Waals surface area contributed by atoms with Crippen LogP contribution >= 0.6 is 0 Å². The number of nitrogens with zero attached hydrogens (tertiary/aromatic N) is 4. The summed E-state index contributed by atoms with van der Waals surface area (Å²) in [5.74, 6) is 3.67. The Morgan fingerprint density at radius 2 is 1.27 bits per heavy atom. The van der Waals surface area contributed by atoms with Crippen molar-refractivity contribution in [1.82, 2.24) is 15.0 Å². The molecule has 0 spiro atoms. The first-order valence-electron chi connectivity index (χ1n) is 20.6. The van der Waals surface area contributed by atoms with Gasteiger partial charge in [-0.15, -0.1) is 0 Å². The largest absolute Gasteiger partial charge is 0.493 e. The van der Waals surface area contributed by atoms with Crippen molar-refractivity contribution in [3.8, 4) is 51.2 Å². The number of anilines is 1. The molecule has 1 unspecified atom stereocenters. The molecule has 10 rings (SSSR count). The molecule has 1 atom stereocenters. The number of benzene rings is 6. The van der Waals surface area contributed by atoms with Gasteiger partial charge in [0.15, 0.2) is 29.0 Å². The SMILES string of the molecule is CCC1(CC)c2ccccc2-c2c1c1c(c3cc(OC)c(OC)cc23)OC(c2ccc(N3CCOCC3)cc2)(c2nc(-c3ccccc3)nc(-c3ccccc3)n2)C=C1. The van der Waals surface area contributed by atoms with Crippen molar-refractivity contribution in [2.45, 2.75) is 37.7 Å². The number of morpholine rings is 1. The summed E-state index contributed by atoms with van der Waals surface area (Å²) in [6, 6.07) is 41.9. The summed E-state index contributed by atoms with van der Waals surface area (Å²) >= 11 is 0. The summed E-state index contributed by atoms with van der Waals surface area (Å²) in [7, 11) is 3.37. The molecule has 0 amide bonds. The van der Waals surface area contributed by atoms with Crippen LogP contribution in [0.4, 0.5) is 5.69 Å². The first-order chi connectivity index (χ1) is 29.0. The zero-order chi connectivity index (χ0) is 40.1. The van der Waals surface area contributed by atoms with Gasteiger partial charge in [0.05, 0.1) is 27.4 Å². The molecule has 0 radical (unpaired) electrons.